The molecular weight excluding hydrogens is 172 g/mol. The van der Waals surface area contributed by atoms with E-state index in [1.807, 2.05) is 12.2 Å². The van der Waals surface area contributed by atoms with Gasteiger partial charge in [0.05, 0.1) is 0 Å². The zero-order valence-electron chi connectivity index (χ0n) is 8.79. The Balaban J connectivity index is 2.07. The second-order valence-corrected chi connectivity index (χ2v) is 4.48. The van der Waals surface area contributed by atoms with E-state index in [0.717, 1.165) is 12.3 Å². The van der Waals surface area contributed by atoms with Crippen molar-refractivity contribution in [1.29, 1.82) is 0 Å². The molecule has 0 amide bonds. The van der Waals surface area contributed by atoms with Crippen molar-refractivity contribution in [2.75, 3.05) is 0 Å². The molecule has 0 radical (unpaired) electrons. The van der Waals surface area contributed by atoms with Crippen LogP contribution in [0.15, 0.2) is 35.1 Å². The molecule has 1 fully saturated rings. The van der Waals surface area contributed by atoms with E-state index >= 15 is 0 Å². The van der Waals surface area contributed by atoms with Crippen molar-refractivity contribution in [3.8, 4) is 0 Å². The van der Waals surface area contributed by atoms with Gasteiger partial charge in [-0.1, -0.05) is 18.6 Å². The maximum Gasteiger partial charge on any atom is 0.111 e. The fourth-order valence-corrected chi connectivity index (χ4v) is 2.23. The molecule has 0 aromatic heterocycles. The second-order valence-electron chi connectivity index (χ2n) is 4.48. The summed E-state index contributed by atoms with van der Waals surface area (Å²) in [6.45, 7) is 2.34. The highest BCUT2D eigenvalue weighted by Gasteiger charge is 2.15. The Morgan fingerprint density at radius 1 is 1.21 bits per heavy atom. The van der Waals surface area contributed by atoms with Gasteiger partial charge in [0.1, 0.15) is 5.76 Å². The summed E-state index contributed by atoms with van der Waals surface area (Å²) in [7, 11) is 0. The van der Waals surface area contributed by atoms with Crippen LogP contribution < -0.4 is 0 Å². The molecule has 0 aromatic rings. The summed E-state index contributed by atoms with van der Waals surface area (Å²) in [5.41, 5.74) is 3.05. The first-order valence-corrected chi connectivity index (χ1v) is 5.54. The summed E-state index contributed by atoms with van der Waals surface area (Å²) in [4.78, 5) is 0. The van der Waals surface area contributed by atoms with Gasteiger partial charge in [0.25, 0.3) is 0 Å². The van der Waals surface area contributed by atoms with Crippen molar-refractivity contribution in [3.63, 3.8) is 0 Å². The molecule has 0 saturated heterocycles. The third kappa shape index (κ3) is 2.09. The van der Waals surface area contributed by atoms with Crippen LogP contribution in [-0.4, -0.2) is 5.11 Å². The molecule has 2 aliphatic carbocycles. The SMILES string of the molecule is CC1CCC(=C2C=CC(O)=CC2)CC1. The molecule has 0 heterocycles. The number of aliphatic hydroxyl groups is 1. The number of rotatable bonds is 0. The highest BCUT2D eigenvalue weighted by molar-refractivity contribution is 5.36. The predicted molar refractivity (Wildman–Crippen MR) is 59.1 cm³/mol. The van der Waals surface area contributed by atoms with E-state index in [1.54, 1.807) is 5.57 Å². The first-order valence-electron chi connectivity index (χ1n) is 5.54. The van der Waals surface area contributed by atoms with Crippen LogP contribution in [0.5, 0.6) is 0 Å². The lowest BCUT2D eigenvalue weighted by Gasteiger charge is -2.23. The number of allylic oxidation sites excluding steroid dienone is 5. The van der Waals surface area contributed by atoms with Gasteiger partial charge in [0.15, 0.2) is 0 Å². The van der Waals surface area contributed by atoms with Crippen LogP contribution in [0.3, 0.4) is 0 Å². The van der Waals surface area contributed by atoms with E-state index in [9.17, 15) is 5.11 Å². The van der Waals surface area contributed by atoms with Crippen molar-refractivity contribution in [1.82, 2.24) is 0 Å². The first-order chi connectivity index (χ1) is 6.75. The molecule has 0 bridgehead atoms. The van der Waals surface area contributed by atoms with Crippen LogP contribution >= 0.6 is 0 Å². The van der Waals surface area contributed by atoms with Crippen molar-refractivity contribution in [3.05, 3.63) is 35.1 Å². The van der Waals surface area contributed by atoms with Gasteiger partial charge in [0, 0.05) is 0 Å². The van der Waals surface area contributed by atoms with E-state index in [0.29, 0.717) is 5.76 Å². The number of hydrogen-bond donors (Lipinski definition) is 1. The van der Waals surface area contributed by atoms with Crippen molar-refractivity contribution >= 4 is 0 Å². The lowest BCUT2D eigenvalue weighted by molar-refractivity contribution is 0.427. The molecule has 1 saturated carbocycles. The van der Waals surface area contributed by atoms with Crippen LogP contribution in [-0.2, 0) is 0 Å². The average Bonchev–Trinajstić information content (AvgIpc) is 2.21. The number of aliphatic hydroxyl groups excluding tert-OH is 1. The third-order valence-corrected chi connectivity index (χ3v) is 3.32. The maximum atomic E-state index is 9.22. The highest BCUT2D eigenvalue weighted by atomic mass is 16.3. The first kappa shape index (κ1) is 9.57. The zero-order chi connectivity index (χ0) is 9.97. The van der Waals surface area contributed by atoms with Crippen LogP contribution in [0.2, 0.25) is 0 Å². The van der Waals surface area contributed by atoms with Gasteiger partial charge >= 0.3 is 0 Å². The standard InChI is InChI=1S/C13H18O/c1-10-2-4-11(5-3-10)12-6-8-13(14)9-7-12/h6,8-10,14H,2-5,7H2,1H3. The topological polar surface area (TPSA) is 20.2 Å². The summed E-state index contributed by atoms with van der Waals surface area (Å²) in [6.07, 6.45) is 11.9. The molecule has 2 rings (SSSR count). The van der Waals surface area contributed by atoms with E-state index in [4.69, 9.17) is 0 Å². The van der Waals surface area contributed by atoms with Crippen molar-refractivity contribution < 1.29 is 5.11 Å². The van der Waals surface area contributed by atoms with Crippen LogP contribution in [0, 0.1) is 5.92 Å². The molecular formula is C13H18O. The third-order valence-electron chi connectivity index (χ3n) is 3.32. The molecule has 2 aliphatic rings. The zero-order valence-corrected chi connectivity index (χ0v) is 8.79. The van der Waals surface area contributed by atoms with Gasteiger partial charge < -0.3 is 5.11 Å². The highest BCUT2D eigenvalue weighted by Crippen LogP contribution is 2.32. The fourth-order valence-electron chi connectivity index (χ4n) is 2.23. The minimum absolute atomic E-state index is 0.415. The molecule has 0 aromatic carbocycles. The van der Waals surface area contributed by atoms with Crippen molar-refractivity contribution in [2.24, 2.45) is 5.92 Å². The lowest BCUT2D eigenvalue weighted by Crippen LogP contribution is -2.06. The molecule has 0 atom stereocenters. The van der Waals surface area contributed by atoms with E-state index in [-0.39, 0.29) is 0 Å². The minimum Gasteiger partial charge on any atom is -0.508 e. The second kappa shape index (κ2) is 4.04. The van der Waals surface area contributed by atoms with Gasteiger partial charge in [-0.15, -0.1) is 0 Å². The largest absolute Gasteiger partial charge is 0.508 e. The van der Waals surface area contributed by atoms with E-state index < -0.39 is 0 Å². The fraction of sp³-hybridized carbons (Fsp3) is 0.538. The van der Waals surface area contributed by atoms with E-state index in [2.05, 4.69) is 13.0 Å². The van der Waals surface area contributed by atoms with Gasteiger partial charge in [-0.05, 0) is 55.7 Å². The summed E-state index contributed by atoms with van der Waals surface area (Å²) in [6, 6.07) is 0. The Hall–Kier alpha value is -0.980. The Bertz CT molecular complexity index is 297. The van der Waals surface area contributed by atoms with Crippen LogP contribution in [0.25, 0.3) is 0 Å². The Labute approximate surface area is 85.8 Å². The predicted octanol–water partition coefficient (Wildman–Crippen LogP) is 3.89. The summed E-state index contributed by atoms with van der Waals surface area (Å²) >= 11 is 0. The quantitative estimate of drug-likeness (QED) is 0.614. The van der Waals surface area contributed by atoms with Gasteiger partial charge in [0.2, 0.25) is 0 Å². The van der Waals surface area contributed by atoms with Crippen LogP contribution in [0.1, 0.15) is 39.0 Å². The van der Waals surface area contributed by atoms with Gasteiger partial charge in [-0.25, -0.2) is 0 Å². The maximum absolute atomic E-state index is 9.22. The van der Waals surface area contributed by atoms with Gasteiger partial charge in [-0.3, -0.25) is 0 Å². The molecule has 1 N–H and O–H groups in total. The smallest absolute Gasteiger partial charge is 0.111 e. The summed E-state index contributed by atoms with van der Waals surface area (Å²) in [5, 5.41) is 9.22. The Morgan fingerprint density at radius 3 is 2.50 bits per heavy atom. The molecule has 0 spiro atoms. The summed E-state index contributed by atoms with van der Waals surface area (Å²) < 4.78 is 0. The van der Waals surface area contributed by atoms with Crippen molar-refractivity contribution in [2.45, 2.75) is 39.0 Å². The van der Waals surface area contributed by atoms with E-state index in [1.165, 1.54) is 31.3 Å². The van der Waals surface area contributed by atoms with Gasteiger partial charge in [-0.2, -0.15) is 0 Å². The number of hydrogen-bond acceptors (Lipinski definition) is 1. The minimum atomic E-state index is 0.415. The Kier molecular flexibility index (Phi) is 2.76. The molecule has 1 nitrogen and oxygen atoms in total. The summed E-state index contributed by atoms with van der Waals surface area (Å²) in [5.74, 6) is 1.31. The normalized spacial score (nSPS) is 27.8. The molecule has 1 heteroatoms. The molecule has 0 unspecified atom stereocenters. The van der Waals surface area contributed by atoms with Crippen LogP contribution in [0.4, 0.5) is 0 Å². The average molecular weight is 190 g/mol. The lowest BCUT2D eigenvalue weighted by atomic mass is 9.83. The monoisotopic (exact) mass is 190 g/mol. The molecule has 14 heavy (non-hydrogen) atoms. The molecule has 76 valence electrons. The Morgan fingerprint density at radius 2 is 1.93 bits per heavy atom. The molecule has 0 aliphatic heterocycles.